The lowest BCUT2D eigenvalue weighted by atomic mass is 9.86. The van der Waals surface area contributed by atoms with Crippen LogP contribution < -0.4 is 5.76 Å². The van der Waals surface area contributed by atoms with Gasteiger partial charge in [-0.1, -0.05) is 6.07 Å². The number of ether oxygens (including phenoxy) is 1. The number of amides is 1. The highest BCUT2D eigenvalue weighted by atomic mass is 16.6. The van der Waals surface area contributed by atoms with Crippen LogP contribution in [-0.2, 0) is 4.74 Å². The molecule has 0 spiro atoms. The lowest BCUT2D eigenvalue weighted by Crippen LogP contribution is -2.46. The number of piperidine rings is 1. The van der Waals surface area contributed by atoms with Gasteiger partial charge in [0.1, 0.15) is 5.60 Å². The quantitative estimate of drug-likeness (QED) is 0.865. The van der Waals surface area contributed by atoms with E-state index >= 15 is 0 Å². The molecule has 2 aromatic rings. The molecule has 1 N–H and O–H groups in total. The van der Waals surface area contributed by atoms with Crippen LogP contribution in [0.5, 0.6) is 0 Å². The third-order valence-electron chi connectivity index (χ3n) is 4.42. The van der Waals surface area contributed by atoms with Gasteiger partial charge in [0, 0.05) is 12.6 Å². The number of H-pyrrole nitrogens is 1. The Morgan fingerprint density at radius 1 is 1.38 bits per heavy atom. The zero-order valence-corrected chi connectivity index (χ0v) is 14.6. The lowest BCUT2D eigenvalue weighted by Gasteiger charge is -2.38. The number of nitrogens with one attached hydrogen (secondary N) is 1. The SMILES string of the molecule is C[C@H]1CC(c2ccc3[nH]c(=O)oc3c2)CCN1C(=O)OC(C)(C)C. The van der Waals surface area contributed by atoms with E-state index in [2.05, 4.69) is 4.98 Å². The maximum absolute atomic E-state index is 12.3. The van der Waals surface area contributed by atoms with E-state index in [0.29, 0.717) is 23.6 Å². The first-order valence-corrected chi connectivity index (χ1v) is 8.35. The first-order chi connectivity index (χ1) is 11.2. The zero-order valence-electron chi connectivity index (χ0n) is 14.6. The van der Waals surface area contributed by atoms with E-state index in [0.717, 1.165) is 18.4 Å². The molecule has 3 rings (SSSR count). The second-order valence-corrected chi connectivity index (χ2v) is 7.51. The summed E-state index contributed by atoms with van der Waals surface area (Å²) in [5, 5.41) is 0. The molecule has 0 radical (unpaired) electrons. The molecule has 0 bridgehead atoms. The van der Waals surface area contributed by atoms with Gasteiger partial charge in [-0.2, -0.15) is 0 Å². The van der Waals surface area contributed by atoms with Crippen LogP contribution in [0, 0.1) is 0 Å². The van der Waals surface area contributed by atoms with Crippen molar-refractivity contribution in [1.82, 2.24) is 9.88 Å². The molecule has 0 aliphatic carbocycles. The minimum absolute atomic E-state index is 0.104. The van der Waals surface area contributed by atoms with E-state index in [1.165, 1.54) is 0 Å². The summed E-state index contributed by atoms with van der Waals surface area (Å²) >= 11 is 0. The van der Waals surface area contributed by atoms with E-state index in [9.17, 15) is 9.59 Å². The highest BCUT2D eigenvalue weighted by Crippen LogP contribution is 2.33. The minimum Gasteiger partial charge on any atom is -0.444 e. The number of carbonyl (C=O) groups excluding carboxylic acids is 1. The van der Waals surface area contributed by atoms with Crippen molar-refractivity contribution in [2.45, 2.75) is 58.1 Å². The molecule has 2 atom stereocenters. The molecule has 24 heavy (non-hydrogen) atoms. The number of aromatic nitrogens is 1. The molecular weight excluding hydrogens is 308 g/mol. The Bertz CT molecular complexity index is 799. The predicted molar refractivity (Wildman–Crippen MR) is 91.2 cm³/mol. The van der Waals surface area contributed by atoms with Gasteiger partial charge >= 0.3 is 11.8 Å². The van der Waals surface area contributed by atoms with Gasteiger partial charge < -0.3 is 14.1 Å². The largest absolute Gasteiger partial charge is 0.444 e. The average Bonchev–Trinajstić information content (AvgIpc) is 2.84. The first-order valence-electron chi connectivity index (χ1n) is 8.35. The summed E-state index contributed by atoms with van der Waals surface area (Å²) in [5.41, 5.74) is 1.95. The van der Waals surface area contributed by atoms with E-state index in [-0.39, 0.29) is 12.1 Å². The third-order valence-corrected chi connectivity index (χ3v) is 4.42. The van der Waals surface area contributed by atoms with E-state index in [1.54, 1.807) is 4.90 Å². The number of aromatic amines is 1. The van der Waals surface area contributed by atoms with Gasteiger partial charge in [-0.3, -0.25) is 4.98 Å². The monoisotopic (exact) mass is 332 g/mol. The summed E-state index contributed by atoms with van der Waals surface area (Å²) in [6.45, 7) is 8.34. The van der Waals surface area contributed by atoms with E-state index in [1.807, 2.05) is 45.9 Å². The van der Waals surface area contributed by atoms with Crippen LogP contribution in [0.3, 0.4) is 0 Å². The second kappa shape index (κ2) is 6.00. The Kier molecular flexibility index (Phi) is 4.15. The van der Waals surface area contributed by atoms with Crippen LogP contribution in [0.1, 0.15) is 52.0 Å². The molecule has 1 aromatic carbocycles. The molecule has 1 saturated heterocycles. The van der Waals surface area contributed by atoms with Crippen molar-refractivity contribution in [2.75, 3.05) is 6.54 Å². The van der Waals surface area contributed by atoms with Gasteiger partial charge in [-0.05, 0) is 64.2 Å². The smallest absolute Gasteiger partial charge is 0.417 e. The molecule has 6 nitrogen and oxygen atoms in total. The maximum atomic E-state index is 12.3. The van der Waals surface area contributed by atoms with Crippen molar-refractivity contribution in [1.29, 1.82) is 0 Å². The lowest BCUT2D eigenvalue weighted by molar-refractivity contribution is 0.0103. The summed E-state index contributed by atoms with van der Waals surface area (Å²) in [7, 11) is 0. The van der Waals surface area contributed by atoms with Gasteiger partial charge in [-0.15, -0.1) is 0 Å². The molecule has 1 unspecified atom stereocenters. The van der Waals surface area contributed by atoms with Crippen LogP contribution in [0.2, 0.25) is 0 Å². The Labute approximate surface area is 140 Å². The number of hydrogen-bond acceptors (Lipinski definition) is 4. The average molecular weight is 332 g/mol. The van der Waals surface area contributed by atoms with Crippen molar-refractivity contribution >= 4 is 17.2 Å². The number of nitrogens with zero attached hydrogens (tertiary/aromatic N) is 1. The topological polar surface area (TPSA) is 75.5 Å². The normalized spacial score (nSPS) is 21.9. The Balaban J connectivity index is 1.72. The van der Waals surface area contributed by atoms with Crippen molar-refractivity contribution in [3.05, 3.63) is 34.3 Å². The summed E-state index contributed by atoms with van der Waals surface area (Å²) in [4.78, 5) is 28.0. The second-order valence-electron chi connectivity index (χ2n) is 7.51. The predicted octanol–water partition coefficient (Wildman–Crippen LogP) is 3.62. The van der Waals surface area contributed by atoms with Gasteiger partial charge in [0.15, 0.2) is 5.58 Å². The number of benzene rings is 1. The Morgan fingerprint density at radius 2 is 2.12 bits per heavy atom. The molecule has 2 heterocycles. The van der Waals surface area contributed by atoms with E-state index in [4.69, 9.17) is 9.15 Å². The van der Waals surface area contributed by atoms with Crippen molar-refractivity contribution in [2.24, 2.45) is 0 Å². The summed E-state index contributed by atoms with van der Waals surface area (Å²) < 4.78 is 10.6. The van der Waals surface area contributed by atoms with Crippen molar-refractivity contribution in [3.8, 4) is 0 Å². The molecule has 130 valence electrons. The van der Waals surface area contributed by atoms with Gasteiger partial charge in [0.2, 0.25) is 0 Å². The third kappa shape index (κ3) is 3.47. The van der Waals surface area contributed by atoms with Crippen LogP contribution in [-0.4, -0.2) is 34.2 Å². The minimum atomic E-state index is -0.482. The molecule has 6 heteroatoms. The molecule has 1 aliphatic heterocycles. The standard InChI is InChI=1S/C18H24N2O4/c1-11-9-13(7-8-20(11)17(22)24-18(2,3)4)12-5-6-14-15(10-12)23-16(21)19-14/h5-6,10-11,13H,7-9H2,1-4H3,(H,19,21)/t11-,13?/m0/s1. The molecule has 1 fully saturated rings. The van der Waals surface area contributed by atoms with Crippen molar-refractivity contribution < 1.29 is 13.9 Å². The number of hydrogen-bond donors (Lipinski definition) is 1. The number of fused-ring (bicyclic) bond motifs is 1. The Morgan fingerprint density at radius 3 is 2.79 bits per heavy atom. The number of oxazole rings is 1. The van der Waals surface area contributed by atoms with E-state index < -0.39 is 11.4 Å². The summed E-state index contributed by atoms with van der Waals surface area (Å²) in [6.07, 6.45) is 1.48. The number of likely N-dealkylation sites (tertiary alicyclic amines) is 1. The van der Waals surface area contributed by atoms with Crippen molar-refractivity contribution in [3.63, 3.8) is 0 Å². The number of carbonyl (C=O) groups is 1. The number of rotatable bonds is 1. The van der Waals surface area contributed by atoms with Crippen LogP contribution in [0.4, 0.5) is 4.79 Å². The van der Waals surface area contributed by atoms with Crippen LogP contribution in [0.25, 0.3) is 11.1 Å². The molecule has 0 saturated carbocycles. The highest BCUT2D eigenvalue weighted by Gasteiger charge is 2.32. The van der Waals surface area contributed by atoms with Crippen LogP contribution >= 0.6 is 0 Å². The summed E-state index contributed by atoms with van der Waals surface area (Å²) in [6, 6.07) is 5.93. The fraction of sp³-hybridized carbons (Fsp3) is 0.556. The maximum Gasteiger partial charge on any atom is 0.417 e. The molecule has 1 amide bonds. The molecule has 1 aliphatic rings. The zero-order chi connectivity index (χ0) is 17.5. The highest BCUT2D eigenvalue weighted by molar-refractivity contribution is 5.73. The van der Waals surface area contributed by atoms with Gasteiger partial charge in [0.05, 0.1) is 5.52 Å². The Hall–Kier alpha value is -2.24. The fourth-order valence-corrected chi connectivity index (χ4v) is 3.28. The van der Waals surface area contributed by atoms with Gasteiger partial charge in [0.25, 0.3) is 0 Å². The van der Waals surface area contributed by atoms with Crippen LogP contribution in [0.15, 0.2) is 27.4 Å². The fourth-order valence-electron chi connectivity index (χ4n) is 3.28. The summed E-state index contributed by atoms with van der Waals surface area (Å²) in [5.74, 6) is -0.0986. The first kappa shape index (κ1) is 16.6. The van der Waals surface area contributed by atoms with Gasteiger partial charge in [-0.25, -0.2) is 9.59 Å². The molecular formula is C18H24N2O4. The molecule has 1 aromatic heterocycles.